The lowest BCUT2D eigenvalue weighted by Gasteiger charge is -2.42. The van der Waals surface area contributed by atoms with Crippen LogP contribution in [0.15, 0.2) is 0 Å². The summed E-state index contributed by atoms with van der Waals surface area (Å²) in [5, 5.41) is 10.2. The van der Waals surface area contributed by atoms with Crippen molar-refractivity contribution < 1.29 is 5.11 Å². The van der Waals surface area contributed by atoms with Crippen molar-refractivity contribution in [2.45, 2.75) is 76.0 Å². The predicted molar refractivity (Wildman–Crippen MR) is 62.9 cm³/mol. The zero-order chi connectivity index (χ0) is 10.7. The molecule has 2 aliphatic carbocycles. The molecule has 15 heavy (non-hydrogen) atoms. The highest BCUT2D eigenvalue weighted by atomic mass is 16.3. The van der Waals surface area contributed by atoms with Crippen LogP contribution in [0.4, 0.5) is 0 Å². The van der Waals surface area contributed by atoms with Crippen molar-refractivity contribution in [3.8, 4) is 0 Å². The topological polar surface area (TPSA) is 23.5 Å². The third-order valence-corrected chi connectivity index (χ3v) is 4.37. The molecule has 2 saturated carbocycles. The first-order chi connectivity index (χ1) is 7.29. The van der Waals surface area contributed by atoms with Crippen molar-refractivity contribution in [1.82, 2.24) is 4.90 Å². The van der Waals surface area contributed by atoms with Crippen molar-refractivity contribution in [1.29, 1.82) is 0 Å². The molecular formula is C13H25NO. The lowest BCUT2D eigenvalue weighted by molar-refractivity contribution is 0.00507. The highest BCUT2D eigenvalue weighted by Crippen LogP contribution is 2.29. The van der Waals surface area contributed by atoms with E-state index in [9.17, 15) is 5.11 Å². The van der Waals surface area contributed by atoms with Gasteiger partial charge in [0.2, 0.25) is 0 Å². The monoisotopic (exact) mass is 211 g/mol. The molecule has 2 rings (SSSR count). The Labute approximate surface area is 93.7 Å². The quantitative estimate of drug-likeness (QED) is 0.759. The van der Waals surface area contributed by atoms with Gasteiger partial charge in [0.05, 0.1) is 6.10 Å². The Balaban J connectivity index is 1.90. The Kier molecular flexibility index (Phi) is 4.04. The second-order valence-electron chi connectivity index (χ2n) is 5.38. The number of aliphatic hydroxyl groups excluding tert-OH is 1. The van der Waals surface area contributed by atoms with E-state index < -0.39 is 0 Å². The Hall–Kier alpha value is -0.0800. The first kappa shape index (κ1) is 11.4. The summed E-state index contributed by atoms with van der Waals surface area (Å²) in [6.07, 6.45) is 11.4. The molecule has 88 valence electrons. The Morgan fingerprint density at radius 1 is 0.867 bits per heavy atom. The van der Waals surface area contributed by atoms with Gasteiger partial charge < -0.3 is 5.11 Å². The number of hydrogen-bond donors (Lipinski definition) is 1. The number of nitrogens with zero attached hydrogens (tertiary/aromatic N) is 1. The van der Waals surface area contributed by atoms with Gasteiger partial charge in [0.15, 0.2) is 0 Å². The molecule has 0 amide bonds. The van der Waals surface area contributed by atoms with Crippen LogP contribution in [0.2, 0.25) is 0 Å². The summed E-state index contributed by atoms with van der Waals surface area (Å²) in [6.45, 7) is 0. The predicted octanol–water partition coefficient (Wildman–Crippen LogP) is 2.55. The van der Waals surface area contributed by atoms with Crippen molar-refractivity contribution in [2.75, 3.05) is 7.05 Å². The third-order valence-electron chi connectivity index (χ3n) is 4.37. The average Bonchev–Trinajstić information content (AvgIpc) is 2.08. The van der Waals surface area contributed by atoms with Crippen LogP contribution in [0.25, 0.3) is 0 Å². The average molecular weight is 211 g/mol. The van der Waals surface area contributed by atoms with Crippen molar-refractivity contribution in [3.63, 3.8) is 0 Å². The zero-order valence-corrected chi connectivity index (χ0v) is 9.99. The normalized spacial score (nSPS) is 34.6. The number of likely N-dealkylation sites (N-methyl/N-ethyl adjacent to an activating group) is 1. The van der Waals surface area contributed by atoms with E-state index in [1.54, 1.807) is 0 Å². The van der Waals surface area contributed by atoms with Gasteiger partial charge in [0, 0.05) is 12.1 Å². The first-order valence-corrected chi connectivity index (χ1v) is 6.69. The molecule has 0 radical (unpaired) electrons. The molecular weight excluding hydrogens is 186 g/mol. The zero-order valence-electron chi connectivity index (χ0n) is 9.99. The second kappa shape index (κ2) is 5.31. The molecule has 2 nitrogen and oxygen atoms in total. The van der Waals surface area contributed by atoms with Crippen LogP contribution < -0.4 is 0 Å². The minimum atomic E-state index is -0.0732. The summed E-state index contributed by atoms with van der Waals surface area (Å²) < 4.78 is 0. The molecule has 2 atom stereocenters. The van der Waals surface area contributed by atoms with Gasteiger partial charge in [-0.05, 0) is 32.7 Å². The van der Waals surface area contributed by atoms with E-state index >= 15 is 0 Å². The van der Waals surface area contributed by atoms with Gasteiger partial charge in [-0.25, -0.2) is 0 Å². The lowest BCUT2D eigenvalue weighted by Crippen LogP contribution is -2.49. The second-order valence-corrected chi connectivity index (χ2v) is 5.38. The molecule has 0 aromatic carbocycles. The highest BCUT2D eigenvalue weighted by molar-refractivity contribution is 4.86. The van der Waals surface area contributed by atoms with Gasteiger partial charge in [0.25, 0.3) is 0 Å². The van der Waals surface area contributed by atoms with E-state index in [4.69, 9.17) is 0 Å². The fourth-order valence-corrected chi connectivity index (χ4v) is 2.99. The molecule has 0 bridgehead atoms. The van der Waals surface area contributed by atoms with Crippen LogP contribution in [0.1, 0.15) is 57.8 Å². The van der Waals surface area contributed by atoms with E-state index in [2.05, 4.69) is 11.9 Å². The molecule has 1 N–H and O–H groups in total. The summed E-state index contributed by atoms with van der Waals surface area (Å²) in [5.41, 5.74) is 0. The number of hydrogen-bond acceptors (Lipinski definition) is 2. The van der Waals surface area contributed by atoms with Gasteiger partial charge in [-0.15, -0.1) is 0 Å². The minimum Gasteiger partial charge on any atom is -0.391 e. The minimum absolute atomic E-state index is 0.0732. The van der Waals surface area contributed by atoms with Crippen LogP contribution in [-0.2, 0) is 0 Å². The molecule has 0 aromatic rings. The van der Waals surface area contributed by atoms with Crippen molar-refractivity contribution >= 4 is 0 Å². The summed E-state index contributed by atoms with van der Waals surface area (Å²) in [4.78, 5) is 2.47. The Morgan fingerprint density at radius 2 is 1.53 bits per heavy atom. The molecule has 2 aliphatic rings. The maximum atomic E-state index is 10.2. The molecule has 0 aromatic heterocycles. The highest BCUT2D eigenvalue weighted by Gasteiger charge is 2.31. The SMILES string of the molecule is CN(C1CCC1)C1CCCCCCC1O. The van der Waals surface area contributed by atoms with E-state index in [1.807, 2.05) is 0 Å². The van der Waals surface area contributed by atoms with Crippen molar-refractivity contribution in [2.24, 2.45) is 0 Å². The van der Waals surface area contributed by atoms with Gasteiger partial charge in [-0.2, -0.15) is 0 Å². The Morgan fingerprint density at radius 3 is 2.13 bits per heavy atom. The van der Waals surface area contributed by atoms with E-state index in [0.29, 0.717) is 6.04 Å². The smallest absolute Gasteiger partial charge is 0.0695 e. The molecule has 0 spiro atoms. The lowest BCUT2D eigenvalue weighted by atomic mass is 9.87. The largest absolute Gasteiger partial charge is 0.391 e. The molecule has 2 fully saturated rings. The molecule has 0 heterocycles. The van der Waals surface area contributed by atoms with Crippen LogP contribution in [-0.4, -0.2) is 35.2 Å². The van der Waals surface area contributed by atoms with E-state index in [1.165, 1.54) is 51.4 Å². The standard InChI is InChI=1S/C13H25NO/c1-14(11-7-6-8-11)12-9-4-2-3-5-10-13(12)15/h11-13,15H,2-10H2,1H3. The van der Waals surface area contributed by atoms with Gasteiger partial charge >= 0.3 is 0 Å². The Bertz CT molecular complexity index is 191. The molecule has 0 aliphatic heterocycles. The van der Waals surface area contributed by atoms with Crippen LogP contribution >= 0.6 is 0 Å². The van der Waals surface area contributed by atoms with Crippen LogP contribution in [0, 0.1) is 0 Å². The number of aliphatic hydroxyl groups is 1. The van der Waals surface area contributed by atoms with Gasteiger partial charge in [0.1, 0.15) is 0 Å². The molecule has 0 saturated heterocycles. The van der Waals surface area contributed by atoms with E-state index in [-0.39, 0.29) is 6.10 Å². The van der Waals surface area contributed by atoms with Crippen molar-refractivity contribution in [3.05, 3.63) is 0 Å². The first-order valence-electron chi connectivity index (χ1n) is 6.69. The third kappa shape index (κ3) is 2.73. The summed E-state index contributed by atoms with van der Waals surface area (Å²) in [7, 11) is 2.22. The fourth-order valence-electron chi connectivity index (χ4n) is 2.99. The number of rotatable bonds is 2. The molecule has 2 heteroatoms. The van der Waals surface area contributed by atoms with Crippen LogP contribution in [0.3, 0.4) is 0 Å². The summed E-state index contributed by atoms with van der Waals surface area (Å²) >= 11 is 0. The summed E-state index contributed by atoms with van der Waals surface area (Å²) in [5.74, 6) is 0. The van der Waals surface area contributed by atoms with E-state index in [0.717, 1.165) is 12.5 Å². The van der Waals surface area contributed by atoms with Gasteiger partial charge in [-0.1, -0.05) is 32.1 Å². The maximum absolute atomic E-state index is 10.2. The summed E-state index contributed by atoms with van der Waals surface area (Å²) in [6, 6.07) is 1.21. The fraction of sp³-hybridized carbons (Fsp3) is 1.00. The van der Waals surface area contributed by atoms with Gasteiger partial charge in [-0.3, -0.25) is 4.90 Å². The molecule has 2 unspecified atom stereocenters. The van der Waals surface area contributed by atoms with Crippen LogP contribution in [0.5, 0.6) is 0 Å². The maximum Gasteiger partial charge on any atom is 0.0695 e.